The summed E-state index contributed by atoms with van der Waals surface area (Å²) in [5.74, 6) is 0. The van der Waals surface area contributed by atoms with Crippen LogP contribution in [0.5, 0.6) is 0 Å². The summed E-state index contributed by atoms with van der Waals surface area (Å²) in [6.07, 6.45) is 1.51. The van der Waals surface area contributed by atoms with Crippen molar-refractivity contribution in [2.75, 3.05) is 4.72 Å². The van der Waals surface area contributed by atoms with Gasteiger partial charge >= 0.3 is 0 Å². The highest BCUT2D eigenvalue weighted by molar-refractivity contribution is 9.10. The highest BCUT2D eigenvalue weighted by Crippen LogP contribution is 2.24. The second-order valence-corrected chi connectivity index (χ2v) is 7.82. The van der Waals surface area contributed by atoms with Gasteiger partial charge in [0.05, 0.1) is 11.4 Å². The van der Waals surface area contributed by atoms with Crippen molar-refractivity contribution in [3.8, 4) is 0 Å². The standard InChI is InChI=1S/C13H10BrN3O3S2/c1-8-11(12(18)17-6-7-21-13(17)15-8)22(19,20)16-10-5-3-2-4-9(10)14/h2-7,16H,1H3. The molecule has 114 valence electrons. The summed E-state index contributed by atoms with van der Waals surface area (Å²) in [4.78, 5) is 16.7. The Kier molecular flexibility index (Phi) is 3.79. The van der Waals surface area contributed by atoms with Gasteiger partial charge in [0.2, 0.25) is 0 Å². The van der Waals surface area contributed by atoms with E-state index in [1.165, 1.54) is 28.9 Å². The summed E-state index contributed by atoms with van der Waals surface area (Å²) < 4.78 is 29.4. The molecule has 0 saturated carbocycles. The van der Waals surface area contributed by atoms with Gasteiger partial charge in [0.25, 0.3) is 15.6 Å². The first kappa shape index (κ1) is 15.2. The number of para-hydroxylation sites is 1. The monoisotopic (exact) mass is 399 g/mol. The Morgan fingerprint density at radius 1 is 1.32 bits per heavy atom. The van der Waals surface area contributed by atoms with Gasteiger partial charge in [0, 0.05) is 16.0 Å². The fraction of sp³-hybridized carbons (Fsp3) is 0.0769. The largest absolute Gasteiger partial charge is 0.279 e. The van der Waals surface area contributed by atoms with E-state index in [9.17, 15) is 13.2 Å². The average molecular weight is 400 g/mol. The number of fused-ring (bicyclic) bond motifs is 1. The van der Waals surface area contributed by atoms with Gasteiger partial charge in [0.1, 0.15) is 0 Å². The Morgan fingerprint density at radius 3 is 2.77 bits per heavy atom. The van der Waals surface area contributed by atoms with Crippen LogP contribution < -0.4 is 10.3 Å². The van der Waals surface area contributed by atoms with E-state index in [1.807, 2.05) is 0 Å². The Hall–Kier alpha value is -1.71. The van der Waals surface area contributed by atoms with Crippen LogP contribution in [-0.4, -0.2) is 17.8 Å². The SMILES string of the molecule is Cc1nc2sccn2c(=O)c1S(=O)(=O)Nc1ccccc1Br. The summed E-state index contributed by atoms with van der Waals surface area (Å²) in [6, 6.07) is 6.77. The third kappa shape index (κ3) is 2.55. The molecule has 6 nitrogen and oxygen atoms in total. The number of nitrogens with zero attached hydrogens (tertiary/aromatic N) is 2. The van der Waals surface area contributed by atoms with Crippen LogP contribution in [0.4, 0.5) is 5.69 Å². The van der Waals surface area contributed by atoms with Crippen molar-refractivity contribution in [3.63, 3.8) is 0 Å². The zero-order valence-corrected chi connectivity index (χ0v) is 14.5. The van der Waals surface area contributed by atoms with Crippen LogP contribution in [0, 0.1) is 6.92 Å². The van der Waals surface area contributed by atoms with E-state index in [-0.39, 0.29) is 10.6 Å². The molecular formula is C13H10BrN3O3S2. The third-order valence-corrected chi connectivity index (χ3v) is 5.93. The molecule has 3 aromatic rings. The Bertz CT molecular complexity index is 1020. The minimum Gasteiger partial charge on any atom is -0.278 e. The molecule has 0 radical (unpaired) electrons. The normalized spacial score (nSPS) is 11.7. The number of hydrogen-bond acceptors (Lipinski definition) is 5. The van der Waals surface area contributed by atoms with Gasteiger partial charge < -0.3 is 0 Å². The molecule has 2 aromatic heterocycles. The van der Waals surface area contributed by atoms with Crippen molar-refractivity contribution in [1.29, 1.82) is 0 Å². The number of hydrogen-bond donors (Lipinski definition) is 1. The second kappa shape index (κ2) is 5.49. The second-order valence-electron chi connectivity index (χ2n) is 4.47. The summed E-state index contributed by atoms with van der Waals surface area (Å²) >= 11 is 4.54. The quantitative estimate of drug-likeness (QED) is 0.733. The maximum Gasteiger partial charge on any atom is 0.279 e. The number of sulfonamides is 1. The van der Waals surface area contributed by atoms with Crippen LogP contribution in [0.1, 0.15) is 5.69 Å². The van der Waals surface area contributed by atoms with Crippen LogP contribution in [0.15, 0.2) is 50.0 Å². The maximum atomic E-state index is 12.6. The molecule has 1 N–H and O–H groups in total. The van der Waals surface area contributed by atoms with E-state index in [0.717, 1.165) is 0 Å². The van der Waals surface area contributed by atoms with Crippen LogP contribution in [0.25, 0.3) is 4.96 Å². The minimum absolute atomic E-state index is 0.173. The molecule has 1 aromatic carbocycles. The zero-order valence-electron chi connectivity index (χ0n) is 11.3. The first-order valence-corrected chi connectivity index (χ1v) is 9.29. The van der Waals surface area contributed by atoms with Crippen LogP contribution in [0.2, 0.25) is 0 Å². The molecule has 0 spiro atoms. The van der Waals surface area contributed by atoms with Crippen LogP contribution >= 0.6 is 27.3 Å². The number of nitrogens with one attached hydrogen (secondary N) is 1. The van der Waals surface area contributed by atoms with E-state index < -0.39 is 15.6 Å². The summed E-state index contributed by atoms with van der Waals surface area (Å²) in [7, 11) is -4.04. The third-order valence-electron chi connectivity index (χ3n) is 2.98. The Labute approximate surface area is 138 Å². The van der Waals surface area contributed by atoms with Crippen molar-refractivity contribution in [3.05, 3.63) is 56.4 Å². The van der Waals surface area contributed by atoms with Gasteiger partial charge in [-0.3, -0.25) is 13.9 Å². The number of aryl methyl sites for hydroxylation is 1. The van der Waals surface area contributed by atoms with Crippen molar-refractivity contribution >= 4 is 47.9 Å². The molecule has 3 rings (SSSR count). The first-order valence-electron chi connectivity index (χ1n) is 6.14. The lowest BCUT2D eigenvalue weighted by Gasteiger charge is -2.10. The molecule has 0 saturated heterocycles. The van der Waals surface area contributed by atoms with Crippen molar-refractivity contribution in [1.82, 2.24) is 9.38 Å². The van der Waals surface area contributed by atoms with Crippen molar-refractivity contribution in [2.45, 2.75) is 11.8 Å². The van der Waals surface area contributed by atoms with Gasteiger partial charge in [-0.1, -0.05) is 12.1 Å². The topological polar surface area (TPSA) is 80.5 Å². The summed E-state index contributed by atoms with van der Waals surface area (Å²) in [5, 5.41) is 1.68. The predicted molar refractivity (Wildman–Crippen MR) is 89.0 cm³/mol. The molecule has 0 aliphatic rings. The van der Waals surface area contributed by atoms with Gasteiger partial charge in [-0.15, -0.1) is 11.3 Å². The highest BCUT2D eigenvalue weighted by atomic mass is 79.9. The van der Waals surface area contributed by atoms with E-state index >= 15 is 0 Å². The molecule has 0 unspecified atom stereocenters. The molecule has 0 aliphatic carbocycles. The van der Waals surface area contributed by atoms with E-state index in [0.29, 0.717) is 15.1 Å². The maximum absolute atomic E-state index is 12.6. The number of anilines is 1. The molecular weight excluding hydrogens is 390 g/mol. The van der Waals surface area contributed by atoms with Gasteiger partial charge in [0.15, 0.2) is 9.86 Å². The number of aromatic nitrogens is 2. The molecule has 22 heavy (non-hydrogen) atoms. The first-order chi connectivity index (χ1) is 10.4. The minimum atomic E-state index is -4.04. The van der Waals surface area contributed by atoms with E-state index in [4.69, 9.17) is 0 Å². The van der Waals surface area contributed by atoms with Gasteiger partial charge in [-0.05, 0) is 35.0 Å². The predicted octanol–water partition coefficient (Wildman–Crippen LogP) is 2.63. The van der Waals surface area contributed by atoms with Crippen molar-refractivity contribution in [2.24, 2.45) is 0 Å². The Balaban J connectivity index is 2.18. The molecule has 9 heteroatoms. The van der Waals surface area contributed by atoms with Crippen LogP contribution in [-0.2, 0) is 10.0 Å². The molecule has 0 aliphatic heterocycles. The number of rotatable bonds is 3. The lowest BCUT2D eigenvalue weighted by atomic mass is 10.3. The zero-order chi connectivity index (χ0) is 15.9. The average Bonchev–Trinajstić information content (AvgIpc) is 2.89. The molecule has 0 fully saturated rings. The smallest absolute Gasteiger partial charge is 0.278 e. The number of halogens is 1. The summed E-state index contributed by atoms with van der Waals surface area (Å²) in [5.41, 5.74) is -0.0768. The number of benzene rings is 1. The van der Waals surface area contributed by atoms with Gasteiger partial charge in [-0.2, -0.15) is 0 Å². The molecule has 2 heterocycles. The summed E-state index contributed by atoms with van der Waals surface area (Å²) in [6.45, 7) is 1.51. The number of thiazole rings is 1. The lowest BCUT2D eigenvalue weighted by Crippen LogP contribution is -2.27. The molecule has 0 atom stereocenters. The van der Waals surface area contributed by atoms with Crippen molar-refractivity contribution < 1.29 is 8.42 Å². The molecule has 0 amide bonds. The van der Waals surface area contributed by atoms with Gasteiger partial charge in [-0.25, -0.2) is 13.4 Å². The fourth-order valence-electron chi connectivity index (χ4n) is 2.02. The van der Waals surface area contributed by atoms with E-state index in [2.05, 4.69) is 25.6 Å². The lowest BCUT2D eigenvalue weighted by molar-refractivity contribution is 0.598. The fourth-order valence-corrected chi connectivity index (χ4v) is 4.61. The molecule has 0 bridgehead atoms. The highest BCUT2D eigenvalue weighted by Gasteiger charge is 2.24. The van der Waals surface area contributed by atoms with Crippen LogP contribution in [0.3, 0.4) is 0 Å². The van der Waals surface area contributed by atoms with E-state index in [1.54, 1.807) is 29.6 Å². The Morgan fingerprint density at radius 2 is 2.05 bits per heavy atom.